The number of esters is 1. The molecule has 5 heteroatoms. The van der Waals surface area contributed by atoms with Crippen LogP contribution in [0.1, 0.15) is 53.7 Å². The molecule has 32 heavy (non-hydrogen) atoms. The lowest BCUT2D eigenvalue weighted by atomic mass is 9.91. The number of benzene rings is 2. The summed E-state index contributed by atoms with van der Waals surface area (Å²) in [5.41, 5.74) is 3.49. The van der Waals surface area contributed by atoms with Gasteiger partial charge in [0.15, 0.2) is 11.3 Å². The van der Waals surface area contributed by atoms with Crippen molar-refractivity contribution in [2.45, 2.75) is 39.3 Å². The molecule has 0 spiro atoms. The zero-order valence-electron chi connectivity index (χ0n) is 18.6. The number of amides is 1. The van der Waals surface area contributed by atoms with Gasteiger partial charge in [0.25, 0.3) is 5.91 Å². The summed E-state index contributed by atoms with van der Waals surface area (Å²) in [5.74, 6) is 1.80. The maximum absolute atomic E-state index is 13.0. The minimum Gasteiger partial charge on any atom is -0.487 e. The number of carbonyl (C=O) groups excluding carboxylic acids is 2. The van der Waals surface area contributed by atoms with Gasteiger partial charge in [0, 0.05) is 22.7 Å². The van der Waals surface area contributed by atoms with Gasteiger partial charge in [-0.3, -0.25) is 4.79 Å². The van der Waals surface area contributed by atoms with E-state index in [9.17, 15) is 9.59 Å². The molecule has 1 saturated carbocycles. The summed E-state index contributed by atoms with van der Waals surface area (Å²) < 4.78 is 11.0. The van der Waals surface area contributed by atoms with E-state index in [0.29, 0.717) is 16.7 Å². The van der Waals surface area contributed by atoms with Crippen LogP contribution >= 0.6 is 0 Å². The van der Waals surface area contributed by atoms with E-state index in [1.54, 1.807) is 18.2 Å². The van der Waals surface area contributed by atoms with Gasteiger partial charge in [-0.05, 0) is 43.9 Å². The van der Waals surface area contributed by atoms with Crippen LogP contribution in [-0.2, 0) is 20.9 Å². The van der Waals surface area contributed by atoms with Crippen molar-refractivity contribution in [2.24, 2.45) is 0 Å². The number of methoxy groups -OCH3 is 1. The summed E-state index contributed by atoms with van der Waals surface area (Å²) in [6.07, 6.45) is 9.59. The minimum atomic E-state index is -0.674. The Bertz CT molecular complexity index is 1100. The minimum absolute atomic E-state index is 0.0339. The van der Waals surface area contributed by atoms with E-state index < -0.39 is 5.97 Å². The smallest absolute Gasteiger partial charge is 0.350 e. The van der Waals surface area contributed by atoms with Crippen molar-refractivity contribution in [2.75, 3.05) is 7.11 Å². The third kappa shape index (κ3) is 5.28. The summed E-state index contributed by atoms with van der Waals surface area (Å²) in [4.78, 5) is 25.5. The normalized spacial score (nSPS) is 14.1. The number of allylic oxidation sites excluding steroid dienone is 2. The first-order valence-electron chi connectivity index (χ1n) is 10.5. The van der Waals surface area contributed by atoms with Gasteiger partial charge in [0.2, 0.25) is 0 Å². The standard InChI is InChI=1S/C27H27NO4/c1-5-18(3)24-22(13-10-14-23(24)26(29)28-20-15-16-20)25(21(6-2)27(30)31-4)32-17-19-11-8-7-9-12-19/h2,5,7-14,20H,15-17H2,1,3-4H3,(H,28,29)/b18-5-,25-21-. The fraction of sp³-hybridized carbons (Fsp3) is 0.259. The second-order valence-corrected chi connectivity index (χ2v) is 7.56. The molecule has 164 valence electrons. The number of nitrogens with one attached hydrogen (secondary N) is 1. The van der Waals surface area contributed by atoms with Gasteiger partial charge in [-0.1, -0.05) is 54.5 Å². The van der Waals surface area contributed by atoms with E-state index in [-0.39, 0.29) is 29.9 Å². The van der Waals surface area contributed by atoms with Crippen LogP contribution in [0.4, 0.5) is 0 Å². The van der Waals surface area contributed by atoms with Gasteiger partial charge in [-0.15, -0.1) is 6.42 Å². The highest BCUT2D eigenvalue weighted by Crippen LogP contribution is 2.33. The average molecular weight is 430 g/mol. The number of hydrogen-bond acceptors (Lipinski definition) is 4. The van der Waals surface area contributed by atoms with Crippen molar-refractivity contribution in [3.05, 3.63) is 82.4 Å². The van der Waals surface area contributed by atoms with Crippen molar-refractivity contribution in [1.82, 2.24) is 5.32 Å². The Morgan fingerprint density at radius 2 is 1.81 bits per heavy atom. The van der Waals surface area contributed by atoms with E-state index in [0.717, 1.165) is 24.0 Å². The Hall–Kier alpha value is -3.78. The topological polar surface area (TPSA) is 64.6 Å². The summed E-state index contributed by atoms with van der Waals surface area (Å²) in [5, 5.41) is 3.04. The van der Waals surface area contributed by atoms with Crippen LogP contribution in [0.5, 0.6) is 0 Å². The van der Waals surface area contributed by atoms with Gasteiger partial charge in [-0.2, -0.15) is 0 Å². The van der Waals surface area contributed by atoms with Crippen LogP contribution < -0.4 is 5.32 Å². The quantitative estimate of drug-likeness (QED) is 0.285. The molecule has 1 aliphatic rings. The number of rotatable bonds is 8. The highest BCUT2D eigenvalue weighted by Gasteiger charge is 2.27. The van der Waals surface area contributed by atoms with Crippen LogP contribution in [-0.4, -0.2) is 25.0 Å². The highest BCUT2D eigenvalue weighted by molar-refractivity contribution is 6.05. The molecule has 1 amide bonds. The Morgan fingerprint density at radius 1 is 1.12 bits per heavy atom. The number of hydrogen-bond donors (Lipinski definition) is 1. The molecule has 1 aliphatic carbocycles. The van der Waals surface area contributed by atoms with Crippen LogP contribution in [0.3, 0.4) is 0 Å². The summed E-state index contributed by atoms with van der Waals surface area (Å²) >= 11 is 0. The molecule has 1 fully saturated rings. The Balaban J connectivity index is 2.16. The predicted octanol–water partition coefficient (Wildman–Crippen LogP) is 4.74. The Labute approximate surface area is 189 Å². The molecular formula is C27H27NO4. The maximum Gasteiger partial charge on any atom is 0.350 e. The highest BCUT2D eigenvalue weighted by atomic mass is 16.5. The molecule has 2 aromatic rings. The Morgan fingerprint density at radius 3 is 2.41 bits per heavy atom. The maximum atomic E-state index is 13.0. The predicted molar refractivity (Wildman–Crippen MR) is 125 cm³/mol. The molecule has 0 aliphatic heterocycles. The van der Waals surface area contributed by atoms with Crippen LogP contribution in [0.15, 0.2) is 60.2 Å². The second-order valence-electron chi connectivity index (χ2n) is 7.56. The second kappa shape index (κ2) is 10.5. The van der Waals surface area contributed by atoms with E-state index in [4.69, 9.17) is 15.9 Å². The van der Waals surface area contributed by atoms with Gasteiger partial charge in [0.05, 0.1) is 7.11 Å². The van der Waals surface area contributed by atoms with Crippen molar-refractivity contribution in [3.63, 3.8) is 0 Å². The molecule has 0 unspecified atom stereocenters. The van der Waals surface area contributed by atoms with Gasteiger partial charge in [0.1, 0.15) is 6.61 Å². The van der Waals surface area contributed by atoms with E-state index >= 15 is 0 Å². The SMILES string of the molecule is C#C/C(C(=O)OC)=C(/OCc1ccccc1)c1cccc(C(=O)NC2CC2)c1/C(C)=C\C. The molecular weight excluding hydrogens is 402 g/mol. The fourth-order valence-electron chi connectivity index (χ4n) is 3.32. The van der Waals surface area contributed by atoms with Crippen LogP contribution in [0.25, 0.3) is 11.3 Å². The van der Waals surface area contributed by atoms with Crippen LogP contribution in [0, 0.1) is 12.3 Å². The number of ether oxygens (including phenoxy) is 2. The first-order chi connectivity index (χ1) is 15.5. The lowest BCUT2D eigenvalue weighted by Crippen LogP contribution is -2.26. The molecule has 0 saturated heterocycles. The molecule has 0 aromatic heterocycles. The molecule has 5 nitrogen and oxygen atoms in total. The molecule has 0 radical (unpaired) electrons. The molecule has 0 atom stereocenters. The largest absolute Gasteiger partial charge is 0.487 e. The molecule has 0 bridgehead atoms. The summed E-state index contributed by atoms with van der Waals surface area (Å²) in [7, 11) is 1.27. The number of terminal acetylenes is 1. The molecule has 0 heterocycles. The summed E-state index contributed by atoms with van der Waals surface area (Å²) in [6, 6.07) is 15.1. The monoisotopic (exact) mass is 429 g/mol. The lowest BCUT2D eigenvalue weighted by Gasteiger charge is -2.19. The number of carbonyl (C=O) groups is 2. The average Bonchev–Trinajstić information content (AvgIpc) is 3.65. The van der Waals surface area contributed by atoms with Crippen molar-refractivity contribution < 1.29 is 19.1 Å². The third-order valence-corrected chi connectivity index (χ3v) is 5.28. The fourth-order valence-corrected chi connectivity index (χ4v) is 3.32. The van der Waals surface area contributed by atoms with Gasteiger partial charge >= 0.3 is 5.97 Å². The first-order valence-corrected chi connectivity index (χ1v) is 10.5. The summed E-state index contributed by atoms with van der Waals surface area (Å²) in [6.45, 7) is 4.01. The van der Waals surface area contributed by atoms with Crippen molar-refractivity contribution in [3.8, 4) is 12.3 Å². The zero-order chi connectivity index (χ0) is 23.1. The molecule has 3 rings (SSSR count). The lowest BCUT2D eigenvalue weighted by molar-refractivity contribution is -0.135. The first kappa shape index (κ1) is 22.9. The van der Waals surface area contributed by atoms with E-state index in [1.807, 2.05) is 50.3 Å². The van der Waals surface area contributed by atoms with Crippen LogP contribution in [0.2, 0.25) is 0 Å². The van der Waals surface area contributed by atoms with Gasteiger partial charge < -0.3 is 14.8 Å². The van der Waals surface area contributed by atoms with E-state index in [1.165, 1.54) is 7.11 Å². The molecule has 1 N–H and O–H groups in total. The zero-order valence-corrected chi connectivity index (χ0v) is 18.6. The van der Waals surface area contributed by atoms with Crippen molar-refractivity contribution in [1.29, 1.82) is 0 Å². The third-order valence-electron chi connectivity index (χ3n) is 5.28. The van der Waals surface area contributed by atoms with E-state index in [2.05, 4.69) is 11.2 Å². The molecule has 2 aromatic carbocycles. The van der Waals surface area contributed by atoms with Gasteiger partial charge in [-0.25, -0.2) is 4.79 Å². The Kier molecular flexibility index (Phi) is 7.51. The van der Waals surface area contributed by atoms with Crippen molar-refractivity contribution >= 4 is 23.2 Å².